The van der Waals surface area contributed by atoms with Crippen LogP contribution in [-0.2, 0) is 0 Å². The van der Waals surface area contributed by atoms with Crippen molar-refractivity contribution in [2.24, 2.45) is 5.92 Å². The van der Waals surface area contributed by atoms with Gasteiger partial charge >= 0.3 is 0 Å². The molecule has 0 aliphatic carbocycles. The number of piperidine rings is 1. The van der Waals surface area contributed by atoms with E-state index in [1.54, 1.807) is 0 Å². The van der Waals surface area contributed by atoms with Crippen LogP contribution in [0.15, 0.2) is 24.3 Å². The second-order valence-corrected chi connectivity index (χ2v) is 5.01. The monoisotopic (exact) mass is 233 g/mol. The quantitative estimate of drug-likeness (QED) is 0.694. The van der Waals surface area contributed by atoms with Crippen LogP contribution in [0.25, 0.3) is 0 Å². The first-order chi connectivity index (χ1) is 8.11. The Kier molecular flexibility index (Phi) is 5.92. The Morgan fingerprint density at radius 3 is 2.12 bits per heavy atom. The molecule has 0 aromatic heterocycles. The molecule has 2 heteroatoms. The molecule has 1 aromatic carbocycles. The third-order valence-corrected chi connectivity index (χ3v) is 3.22. The first-order valence-electron chi connectivity index (χ1n) is 6.32. The summed E-state index contributed by atoms with van der Waals surface area (Å²) >= 11 is 0. The zero-order valence-corrected chi connectivity index (χ0v) is 11.1. The minimum absolute atomic E-state index is 0.737. The van der Waals surface area contributed by atoms with Crippen molar-refractivity contribution in [3.63, 3.8) is 0 Å². The molecule has 0 saturated carbocycles. The number of carbonyl (C=O) groups is 1. The number of nitrogens with zero attached hydrogens (tertiary/aromatic N) is 1. The summed E-state index contributed by atoms with van der Waals surface area (Å²) in [4.78, 5) is 12.5. The third kappa shape index (κ3) is 5.64. The summed E-state index contributed by atoms with van der Waals surface area (Å²) in [6.45, 7) is 6.95. The first kappa shape index (κ1) is 13.9. The fourth-order valence-electron chi connectivity index (χ4n) is 1.78. The largest absolute Gasteiger partial charge is 0.306 e. The second kappa shape index (κ2) is 7.23. The van der Waals surface area contributed by atoms with E-state index in [0.29, 0.717) is 0 Å². The average molecular weight is 233 g/mol. The minimum Gasteiger partial charge on any atom is -0.306 e. The molecule has 2 nitrogen and oxygen atoms in total. The fraction of sp³-hybridized carbons (Fsp3) is 0.533. The lowest BCUT2D eigenvalue weighted by Gasteiger charge is -2.26. The van der Waals surface area contributed by atoms with Gasteiger partial charge in [0.1, 0.15) is 6.29 Å². The molecule has 1 fully saturated rings. The standard InChI is InChI=1S/C8H8O.C7H15N/c1-7-2-4-8(6-9)5-3-7;1-7-3-5-8(2)6-4-7/h2-6H,1H3;7H,3-6H2,1-2H3. The molecule has 0 spiro atoms. The summed E-state index contributed by atoms with van der Waals surface area (Å²) in [7, 11) is 2.20. The van der Waals surface area contributed by atoms with Gasteiger partial charge in [-0.1, -0.05) is 36.8 Å². The van der Waals surface area contributed by atoms with E-state index in [9.17, 15) is 4.79 Å². The van der Waals surface area contributed by atoms with Crippen LogP contribution in [0.2, 0.25) is 0 Å². The van der Waals surface area contributed by atoms with Crippen LogP contribution < -0.4 is 0 Å². The predicted octanol–water partition coefficient (Wildman–Crippen LogP) is 3.16. The number of benzene rings is 1. The van der Waals surface area contributed by atoms with E-state index < -0.39 is 0 Å². The van der Waals surface area contributed by atoms with E-state index in [1.165, 1.54) is 31.5 Å². The first-order valence-corrected chi connectivity index (χ1v) is 6.32. The molecule has 0 unspecified atom stereocenters. The number of likely N-dealkylation sites (tertiary alicyclic amines) is 1. The Bertz CT molecular complexity index is 313. The van der Waals surface area contributed by atoms with Crippen molar-refractivity contribution in [2.45, 2.75) is 26.7 Å². The van der Waals surface area contributed by atoms with Crippen molar-refractivity contribution in [2.75, 3.05) is 20.1 Å². The Morgan fingerprint density at radius 2 is 1.71 bits per heavy atom. The smallest absolute Gasteiger partial charge is 0.150 e. The van der Waals surface area contributed by atoms with Crippen LogP contribution in [0.5, 0.6) is 0 Å². The molecule has 2 rings (SSSR count). The maximum atomic E-state index is 10.1. The maximum absolute atomic E-state index is 10.1. The molecule has 0 radical (unpaired) electrons. The highest BCUT2D eigenvalue weighted by Gasteiger charge is 2.10. The van der Waals surface area contributed by atoms with Crippen molar-refractivity contribution >= 4 is 6.29 Å². The van der Waals surface area contributed by atoms with Gasteiger partial charge in [0.15, 0.2) is 0 Å². The van der Waals surface area contributed by atoms with Crippen molar-refractivity contribution in [1.82, 2.24) is 4.90 Å². The van der Waals surface area contributed by atoms with Gasteiger partial charge in [0.05, 0.1) is 0 Å². The van der Waals surface area contributed by atoms with E-state index in [4.69, 9.17) is 0 Å². The van der Waals surface area contributed by atoms with Gasteiger partial charge < -0.3 is 4.90 Å². The molecular weight excluding hydrogens is 210 g/mol. The summed E-state index contributed by atoms with van der Waals surface area (Å²) in [5, 5.41) is 0. The summed E-state index contributed by atoms with van der Waals surface area (Å²) < 4.78 is 0. The number of carbonyl (C=O) groups excluding carboxylic acids is 1. The zero-order chi connectivity index (χ0) is 12.7. The summed E-state index contributed by atoms with van der Waals surface area (Å²) in [6.07, 6.45) is 3.65. The molecular formula is C15H23NO. The van der Waals surface area contributed by atoms with E-state index in [2.05, 4.69) is 18.9 Å². The normalized spacial score (nSPS) is 17.1. The molecule has 1 aliphatic rings. The average Bonchev–Trinajstić information content (AvgIpc) is 2.35. The highest BCUT2D eigenvalue weighted by molar-refractivity contribution is 5.74. The minimum atomic E-state index is 0.737. The van der Waals surface area contributed by atoms with Gasteiger partial charge in [-0.3, -0.25) is 4.79 Å². The number of hydrogen-bond acceptors (Lipinski definition) is 2. The van der Waals surface area contributed by atoms with E-state index in [0.717, 1.165) is 17.8 Å². The molecule has 1 heterocycles. The van der Waals surface area contributed by atoms with Gasteiger partial charge in [-0.25, -0.2) is 0 Å². The highest BCUT2D eigenvalue weighted by Crippen LogP contribution is 2.13. The number of aldehydes is 1. The summed E-state index contributed by atoms with van der Waals surface area (Å²) in [6, 6.07) is 7.46. The fourth-order valence-corrected chi connectivity index (χ4v) is 1.78. The molecule has 94 valence electrons. The van der Waals surface area contributed by atoms with Crippen LogP contribution in [0, 0.1) is 12.8 Å². The molecule has 1 aliphatic heterocycles. The van der Waals surface area contributed by atoms with Gasteiger partial charge in [0.2, 0.25) is 0 Å². The Morgan fingerprint density at radius 1 is 1.18 bits per heavy atom. The molecule has 17 heavy (non-hydrogen) atoms. The molecule has 1 saturated heterocycles. The van der Waals surface area contributed by atoms with Gasteiger partial charge in [-0.2, -0.15) is 0 Å². The molecule has 0 bridgehead atoms. The Hall–Kier alpha value is -1.15. The van der Waals surface area contributed by atoms with Crippen LogP contribution >= 0.6 is 0 Å². The van der Waals surface area contributed by atoms with Gasteiger partial charge in [0.25, 0.3) is 0 Å². The topological polar surface area (TPSA) is 20.3 Å². The summed E-state index contributed by atoms with van der Waals surface area (Å²) in [5.74, 6) is 0.978. The van der Waals surface area contributed by atoms with E-state index >= 15 is 0 Å². The maximum Gasteiger partial charge on any atom is 0.150 e. The third-order valence-electron chi connectivity index (χ3n) is 3.22. The van der Waals surface area contributed by atoms with Crippen LogP contribution in [0.4, 0.5) is 0 Å². The van der Waals surface area contributed by atoms with Gasteiger partial charge in [0, 0.05) is 5.56 Å². The molecule has 0 amide bonds. The highest BCUT2D eigenvalue weighted by atomic mass is 16.1. The number of aryl methyl sites for hydroxylation is 1. The second-order valence-electron chi connectivity index (χ2n) is 5.01. The SMILES string of the molecule is CC1CCN(C)CC1.Cc1ccc(C=O)cc1. The Balaban J connectivity index is 0.000000171. The lowest BCUT2D eigenvalue weighted by molar-refractivity contribution is 0.112. The van der Waals surface area contributed by atoms with Crippen molar-refractivity contribution < 1.29 is 4.79 Å². The van der Waals surface area contributed by atoms with E-state index in [1.807, 2.05) is 31.2 Å². The van der Waals surface area contributed by atoms with Gasteiger partial charge in [-0.05, 0) is 45.8 Å². The number of hydrogen-bond donors (Lipinski definition) is 0. The van der Waals surface area contributed by atoms with Gasteiger partial charge in [-0.15, -0.1) is 0 Å². The molecule has 0 atom stereocenters. The van der Waals surface area contributed by atoms with Crippen molar-refractivity contribution in [3.05, 3.63) is 35.4 Å². The van der Waals surface area contributed by atoms with Crippen molar-refractivity contribution in [3.8, 4) is 0 Å². The van der Waals surface area contributed by atoms with Crippen LogP contribution in [-0.4, -0.2) is 31.3 Å². The van der Waals surface area contributed by atoms with Crippen molar-refractivity contribution in [1.29, 1.82) is 0 Å². The molecule has 0 N–H and O–H groups in total. The molecule has 1 aromatic rings. The zero-order valence-electron chi connectivity index (χ0n) is 11.1. The summed E-state index contributed by atoms with van der Waals surface area (Å²) in [5.41, 5.74) is 1.92. The predicted molar refractivity (Wildman–Crippen MR) is 72.5 cm³/mol. The number of rotatable bonds is 1. The van der Waals surface area contributed by atoms with Crippen LogP contribution in [0.1, 0.15) is 35.7 Å². The van der Waals surface area contributed by atoms with Crippen LogP contribution in [0.3, 0.4) is 0 Å². The Labute approximate surface area is 105 Å². The lowest BCUT2D eigenvalue weighted by atomic mass is 10.00. The lowest BCUT2D eigenvalue weighted by Crippen LogP contribution is -2.28. The van der Waals surface area contributed by atoms with E-state index in [-0.39, 0.29) is 0 Å².